The third-order valence-electron chi connectivity index (χ3n) is 3.62. The molecule has 0 spiro atoms. The first kappa shape index (κ1) is 12.8. The normalized spacial score (nSPS) is 12.6. The molecule has 1 nitrogen and oxygen atoms in total. The number of nitrogens with two attached hydrogens (primary N) is 1. The van der Waals surface area contributed by atoms with Crippen LogP contribution in [-0.4, -0.2) is 0 Å². The lowest BCUT2D eigenvalue weighted by Crippen LogP contribution is -2.04. The van der Waals surface area contributed by atoms with E-state index < -0.39 is 0 Å². The van der Waals surface area contributed by atoms with Gasteiger partial charge in [-0.15, -0.1) is 0 Å². The fourth-order valence-electron chi connectivity index (χ4n) is 2.48. The molecule has 0 aliphatic heterocycles. The van der Waals surface area contributed by atoms with Gasteiger partial charge >= 0.3 is 0 Å². The zero-order valence-corrected chi connectivity index (χ0v) is 11.3. The van der Waals surface area contributed by atoms with E-state index in [1.54, 1.807) is 0 Å². The molecule has 0 radical (unpaired) electrons. The second kappa shape index (κ2) is 5.06. The summed E-state index contributed by atoms with van der Waals surface area (Å²) in [7, 11) is 0. The van der Waals surface area contributed by atoms with Crippen LogP contribution >= 0.6 is 0 Å². The van der Waals surface area contributed by atoms with E-state index in [1.165, 1.54) is 6.07 Å². The molecule has 100 valence electrons. The Morgan fingerprint density at radius 2 is 1.50 bits per heavy atom. The minimum Gasteiger partial charge on any atom is -0.324 e. The van der Waals surface area contributed by atoms with Crippen LogP contribution in [0.2, 0.25) is 0 Å². The SMILES string of the molecule is CC(N)c1ccc(-c2ccc(F)c3ccccc23)cc1. The molecule has 1 atom stereocenters. The zero-order chi connectivity index (χ0) is 14.1. The van der Waals surface area contributed by atoms with Crippen molar-refractivity contribution in [3.8, 4) is 11.1 Å². The van der Waals surface area contributed by atoms with Crippen molar-refractivity contribution in [2.75, 3.05) is 0 Å². The largest absolute Gasteiger partial charge is 0.324 e. The summed E-state index contributed by atoms with van der Waals surface area (Å²) in [4.78, 5) is 0. The van der Waals surface area contributed by atoms with E-state index in [0.29, 0.717) is 5.39 Å². The predicted molar refractivity (Wildman–Crippen MR) is 81.9 cm³/mol. The Morgan fingerprint density at radius 3 is 2.15 bits per heavy atom. The molecule has 0 bridgehead atoms. The number of halogens is 1. The molecule has 0 saturated carbocycles. The van der Waals surface area contributed by atoms with E-state index in [4.69, 9.17) is 5.73 Å². The first-order chi connectivity index (χ1) is 9.66. The third kappa shape index (κ3) is 2.19. The van der Waals surface area contributed by atoms with Crippen molar-refractivity contribution < 1.29 is 4.39 Å². The molecule has 0 aliphatic rings. The first-order valence-electron chi connectivity index (χ1n) is 6.70. The van der Waals surface area contributed by atoms with Crippen LogP contribution in [0.3, 0.4) is 0 Å². The monoisotopic (exact) mass is 265 g/mol. The molecule has 3 aromatic rings. The highest BCUT2D eigenvalue weighted by atomic mass is 19.1. The van der Waals surface area contributed by atoms with Crippen LogP contribution in [0.5, 0.6) is 0 Å². The van der Waals surface area contributed by atoms with Gasteiger partial charge in [0.2, 0.25) is 0 Å². The Labute approximate surface area is 117 Å². The van der Waals surface area contributed by atoms with Gasteiger partial charge in [0.15, 0.2) is 0 Å². The van der Waals surface area contributed by atoms with Crippen molar-refractivity contribution in [3.05, 3.63) is 72.0 Å². The van der Waals surface area contributed by atoms with E-state index in [2.05, 4.69) is 0 Å². The van der Waals surface area contributed by atoms with E-state index in [1.807, 2.05) is 61.5 Å². The van der Waals surface area contributed by atoms with Crippen molar-refractivity contribution in [2.45, 2.75) is 13.0 Å². The van der Waals surface area contributed by atoms with Crippen LogP contribution in [0.25, 0.3) is 21.9 Å². The summed E-state index contributed by atoms with van der Waals surface area (Å²) in [5, 5.41) is 1.59. The summed E-state index contributed by atoms with van der Waals surface area (Å²) >= 11 is 0. The highest BCUT2D eigenvalue weighted by molar-refractivity contribution is 5.96. The lowest BCUT2D eigenvalue weighted by atomic mass is 9.96. The van der Waals surface area contributed by atoms with Gasteiger partial charge in [-0.3, -0.25) is 0 Å². The van der Waals surface area contributed by atoms with Crippen LogP contribution in [-0.2, 0) is 0 Å². The van der Waals surface area contributed by atoms with Crippen molar-refractivity contribution in [1.29, 1.82) is 0 Å². The lowest BCUT2D eigenvalue weighted by Gasteiger charge is -2.10. The quantitative estimate of drug-likeness (QED) is 0.716. The molecule has 0 heterocycles. The van der Waals surface area contributed by atoms with E-state index >= 15 is 0 Å². The Balaban J connectivity index is 2.17. The predicted octanol–water partition coefficient (Wildman–Crippen LogP) is 4.67. The van der Waals surface area contributed by atoms with E-state index in [-0.39, 0.29) is 11.9 Å². The number of rotatable bonds is 2. The maximum atomic E-state index is 13.8. The van der Waals surface area contributed by atoms with Crippen LogP contribution in [0.4, 0.5) is 4.39 Å². The number of fused-ring (bicyclic) bond motifs is 1. The van der Waals surface area contributed by atoms with Crippen molar-refractivity contribution in [2.24, 2.45) is 5.73 Å². The van der Waals surface area contributed by atoms with Crippen molar-refractivity contribution in [1.82, 2.24) is 0 Å². The molecular formula is C18H16FN. The fraction of sp³-hybridized carbons (Fsp3) is 0.111. The molecule has 20 heavy (non-hydrogen) atoms. The molecule has 0 fully saturated rings. The molecule has 2 heteroatoms. The van der Waals surface area contributed by atoms with Gasteiger partial charge in [-0.1, -0.05) is 54.6 Å². The highest BCUT2D eigenvalue weighted by Gasteiger charge is 2.07. The van der Waals surface area contributed by atoms with Crippen molar-refractivity contribution in [3.63, 3.8) is 0 Å². The van der Waals surface area contributed by atoms with Gasteiger partial charge in [0, 0.05) is 11.4 Å². The fourth-order valence-corrected chi connectivity index (χ4v) is 2.48. The van der Waals surface area contributed by atoms with Crippen LogP contribution < -0.4 is 5.73 Å². The molecular weight excluding hydrogens is 249 g/mol. The second-order valence-corrected chi connectivity index (χ2v) is 5.05. The van der Waals surface area contributed by atoms with Crippen LogP contribution in [0.15, 0.2) is 60.7 Å². The highest BCUT2D eigenvalue weighted by Crippen LogP contribution is 2.30. The summed E-state index contributed by atoms with van der Waals surface area (Å²) in [5.41, 5.74) is 9.08. The maximum absolute atomic E-state index is 13.8. The van der Waals surface area contributed by atoms with Gasteiger partial charge in [-0.05, 0) is 35.1 Å². The van der Waals surface area contributed by atoms with Gasteiger partial charge in [-0.2, -0.15) is 0 Å². The van der Waals surface area contributed by atoms with Gasteiger partial charge in [0.25, 0.3) is 0 Å². The number of hydrogen-bond acceptors (Lipinski definition) is 1. The van der Waals surface area contributed by atoms with Gasteiger partial charge in [-0.25, -0.2) is 4.39 Å². The molecule has 0 aromatic heterocycles. The zero-order valence-electron chi connectivity index (χ0n) is 11.3. The first-order valence-corrected chi connectivity index (χ1v) is 6.70. The molecule has 3 aromatic carbocycles. The summed E-state index contributed by atoms with van der Waals surface area (Å²) in [5.74, 6) is -0.184. The minimum absolute atomic E-state index is 0.0222. The van der Waals surface area contributed by atoms with Crippen LogP contribution in [0, 0.1) is 5.82 Å². The summed E-state index contributed by atoms with van der Waals surface area (Å²) < 4.78 is 13.8. The molecule has 2 N–H and O–H groups in total. The summed E-state index contributed by atoms with van der Waals surface area (Å²) in [6, 6.07) is 19.1. The summed E-state index contributed by atoms with van der Waals surface area (Å²) in [6.07, 6.45) is 0. The van der Waals surface area contributed by atoms with Crippen molar-refractivity contribution >= 4 is 10.8 Å². The second-order valence-electron chi connectivity index (χ2n) is 5.05. The smallest absolute Gasteiger partial charge is 0.131 e. The average Bonchev–Trinajstić information content (AvgIpc) is 2.48. The minimum atomic E-state index is -0.184. The third-order valence-corrected chi connectivity index (χ3v) is 3.62. The summed E-state index contributed by atoms with van der Waals surface area (Å²) in [6.45, 7) is 1.96. The molecule has 0 aliphatic carbocycles. The number of hydrogen-bond donors (Lipinski definition) is 1. The molecule has 3 rings (SSSR count). The van der Waals surface area contributed by atoms with E-state index in [0.717, 1.165) is 22.1 Å². The standard InChI is InChI=1S/C18H16FN/c1-12(20)13-6-8-14(9-7-13)15-10-11-18(19)17-5-3-2-4-16(15)17/h2-12H,20H2,1H3. The Kier molecular flexibility index (Phi) is 3.25. The van der Waals surface area contributed by atoms with E-state index in [9.17, 15) is 4.39 Å². The lowest BCUT2D eigenvalue weighted by molar-refractivity contribution is 0.640. The van der Waals surface area contributed by atoms with Gasteiger partial charge in [0.05, 0.1) is 0 Å². The maximum Gasteiger partial charge on any atom is 0.131 e. The molecule has 1 unspecified atom stereocenters. The van der Waals surface area contributed by atoms with Gasteiger partial charge in [0.1, 0.15) is 5.82 Å². The Bertz CT molecular complexity index is 745. The Hall–Kier alpha value is -2.19. The average molecular weight is 265 g/mol. The molecule has 0 saturated heterocycles. The van der Waals surface area contributed by atoms with Gasteiger partial charge < -0.3 is 5.73 Å². The number of benzene rings is 3. The van der Waals surface area contributed by atoms with Crippen LogP contribution in [0.1, 0.15) is 18.5 Å². The Morgan fingerprint density at radius 1 is 0.850 bits per heavy atom. The topological polar surface area (TPSA) is 26.0 Å². The molecule has 0 amide bonds.